The highest BCUT2D eigenvalue weighted by Crippen LogP contribution is 2.38. The van der Waals surface area contributed by atoms with Crippen LogP contribution in [0.25, 0.3) is 11.3 Å². The Morgan fingerprint density at radius 1 is 1.03 bits per heavy atom. The summed E-state index contributed by atoms with van der Waals surface area (Å²) in [6.45, 7) is 13.2. The standard InChI is InChI=1S/C32H42N2O/c1-7-24-13-11-14-25(8-2)32(24)29-20-31(35-6)28(23(5)33-29)21-34-19-18-26-12-9-10-15-27(26)30(34)17-16-22(3)4/h9-15,20,22,30H,7-8,16-19,21H2,1-6H3. The first-order valence-electron chi connectivity index (χ1n) is 13.4. The van der Waals surface area contributed by atoms with Crippen molar-refractivity contribution in [3.05, 3.63) is 82.0 Å². The van der Waals surface area contributed by atoms with Crippen molar-refractivity contribution >= 4 is 0 Å². The molecule has 186 valence electrons. The lowest BCUT2D eigenvalue weighted by molar-refractivity contribution is 0.158. The normalized spacial score (nSPS) is 15.9. The van der Waals surface area contributed by atoms with Crippen molar-refractivity contribution in [2.75, 3.05) is 13.7 Å². The first-order valence-corrected chi connectivity index (χ1v) is 13.4. The number of hydrogen-bond donors (Lipinski definition) is 0. The number of aromatic nitrogens is 1. The molecule has 0 spiro atoms. The number of hydrogen-bond acceptors (Lipinski definition) is 3. The van der Waals surface area contributed by atoms with Crippen molar-refractivity contribution in [1.82, 2.24) is 9.88 Å². The van der Waals surface area contributed by atoms with E-state index in [0.29, 0.717) is 12.0 Å². The lowest BCUT2D eigenvalue weighted by Crippen LogP contribution is -2.35. The minimum absolute atomic E-state index is 0.443. The van der Waals surface area contributed by atoms with Gasteiger partial charge in [0.15, 0.2) is 0 Å². The molecule has 1 aliphatic rings. The summed E-state index contributed by atoms with van der Waals surface area (Å²) >= 11 is 0. The second-order valence-corrected chi connectivity index (χ2v) is 10.3. The molecule has 0 saturated heterocycles. The van der Waals surface area contributed by atoms with E-state index < -0.39 is 0 Å². The van der Waals surface area contributed by atoms with Crippen molar-refractivity contribution in [3.63, 3.8) is 0 Å². The molecule has 1 aliphatic heterocycles. The lowest BCUT2D eigenvalue weighted by Gasteiger charge is -2.38. The minimum atomic E-state index is 0.443. The summed E-state index contributed by atoms with van der Waals surface area (Å²) in [7, 11) is 1.80. The number of rotatable bonds is 9. The molecule has 3 heteroatoms. The first-order chi connectivity index (χ1) is 17.0. The average Bonchev–Trinajstić information content (AvgIpc) is 2.88. The van der Waals surface area contributed by atoms with Crippen LogP contribution < -0.4 is 4.74 Å². The Bertz CT molecular complexity index is 1130. The smallest absolute Gasteiger partial charge is 0.127 e. The molecule has 0 fully saturated rings. The summed E-state index contributed by atoms with van der Waals surface area (Å²) < 4.78 is 6.01. The van der Waals surface area contributed by atoms with E-state index in [2.05, 4.69) is 88.0 Å². The van der Waals surface area contributed by atoms with Crippen LogP contribution in [0, 0.1) is 12.8 Å². The van der Waals surface area contributed by atoms with Gasteiger partial charge in [-0.25, -0.2) is 0 Å². The molecule has 1 aromatic heterocycles. The van der Waals surface area contributed by atoms with Crippen molar-refractivity contribution in [1.29, 1.82) is 0 Å². The molecule has 1 unspecified atom stereocenters. The summed E-state index contributed by atoms with van der Waals surface area (Å²) in [4.78, 5) is 7.83. The highest BCUT2D eigenvalue weighted by atomic mass is 16.5. The van der Waals surface area contributed by atoms with E-state index in [1.807, 2.05) is 0 Å². The van der Waals surface area contributed by atoms with Gasteiger partial charge >= 0.3 is 0 Å². The van der Waals surface area contributed by atoms with Gasteiger partial charge in [0, 0.05) is 42.0 Å². The van der Waals surface area contributed by atoms with E-state index >= 15 is 0 Å². The zero-order chi connectivity index (χ0) is 24.9. The largest absolute Gasteiger partial charge is 0.496 e. The van der Waals surface area contributed by atoms with E-state index in [-0.39, 0.29) is 0 Å². The van der Waals surface area contributed by atoms with Gasteiger partial charge in [0.05, 0.1) is 12.8 Å². The SMILES string of the molecule is CCc1cccc(CC)c1-c1cc(OC)c(CN2CCc3ccccc3C2CCC(C)C)c(C)n1. The maximum Gasteiger partial charge on any atom is 0.127 e. The molecule has 3 nitrogen and oxygen atoms in total. The number of benzene rings is 2. The first kappa shape index (κ1) is 25.4. The van der Waals surface area contributed by atoms with Crippen LogP contribution in [0.4, 0.5) is 0 Å². The number of ether oxygens (including phenoxy) is 1. The van der Waals surface area contributed by atoms with Crippen LogP contribution >= 0.6 is 0 Å². The predicted octanol–water partition coefficient (Wildman–Crippen LogP) is 7.73. The maximum absolute atomic E-state index is 6.01. The summed E-state index contributed by atoms with van der Waals surface area (Å²) in [6, 6.07) is 18.3. The molecule has 0 saturated carbocycles. The van der Waals surface area contributed by atoms with E-state index in [4.69, 9.17) is 9.72 Å². The number of nitrogens with zero attached hydrogens (tertiary/aromatic N) is 2. The van der Waals surface area contributed by atoms with Crippen LogP contribution in [0.2, 0.25) is 0 Å². The molecule has 0 aliphatic carbocycles. The van der Waals surface area contributed by atoms with Crippen LogP contribution in [-0.2, 0) is 25.8 Å². The Balaban J connectivity index is 1.71. The highest BCUT2D eigenvalue weighted by molar-refractivity contribution is 5.70. The van der Waals surface area contributed by atoms with Gasteiger partial charge in [-0.1, -0.05) is 70.2 Å². The second kappa shape index (κ2) is 11.4. The third-order valence-electron chi connectivity index (χ3n) is 7.67. The molecular formula is C32H42N2O. The third kappa shape index (κ3) is 5.46. The van der Waals surface area contributed by atoms with Gasteiger partial charge in [0.2, 0.25) is 0 Å². The minimum Gasteiger partial charge on any atom is -0.496 e. The van der Waals surface area contributed by atoms with Crippen LogP contribution in [0.5, 0.6) is 5.75 Å². The highest BCUT2D eigenvalue weighted by Gasteiger charge is 2.28. The Hall–Kier alpha value is -2.65. The molecule has 0 amide bonds. The summed E-state index contributed by atoms with van der Waals surface area (Å²) in [5, 5.41) is 0. The fourth-order valence-corrected chi connectivity index (χ4v) is 5.67. The third-order valence-corrected chi connectivity index (χ3v) is 7.67. The van der Waals surface area contributed by atoms with Gasteiger partial charge in [-0.15, -0.1) is 0 Å². The Labute approximate surface area is 212 Å². The van der Waals surface area contributed by atoms with Crippen LogP contribution in [0.1, 0.15) is 80.1 Å². The van der Waals surface area contributed by atoms with Crippen LogP contribution in [0.15, 0.2) is 48.5 Å². The molecule has 35 heavy (non-hydrogen) atoms. The molecule has 0 bridgehead atoms. The molecule has 1 atom stereocenters. The second-order valence-electron chi connectivity index (χ2n) is 10.3. The molecular weight excluding hydrogens is 428 g/mol. The molecule has 2 heterocycles. The molecule has 2 aromatic carbocycles. The topological polar surface area (TPSA) is 25.4 Å². The van der Waals surface area contributed by atoms with Crippen molar-refractivity contribution in [2.24, 2.45) is 5.92 Å². The van der Waals surface area contributed by atoms with Crippen LogP contribution in [-0.4, -0.2) is 23.5 Å². The van der Waals surface area contributed by atoms with Crippen LogP contribution in [0.3, 0.4) is 0 Å². The maximum atomic E-state index is 6.01. The summed E-state index contributed by atoms with van der Waals surface area (Å²) in [6.07, 6.45) is 5.52. The van der Waals surface area contributed by atoms with Gasteiger partial charge in [-0.2, -0.15) is 0 Å². The fourth-order valence-electron chi connectivity index (χ4n) is 5.67. The van der Waals surface area contributed by atoms with Gasteiger partial charge in [0.25, 0.3) is 0 Å². The monoisotopic (exact) mass is 470 g/mol. The predicted molar refractivity (Wildman–Crippen MR) is 147 cm³/mol. The zero-order valence-electron chi connectivity index (χ0n) is 22.5. The number of aryl methyl sites for hydroxylation is 3. The van der Waals surface area contributed by atoms with E-state index in [9.17, 15) is 0 Å². The number of pyridine rings is 1. The molecule has 0 radical (unpaired) electrons. The summed E-state index contributed by atoms with van der Waals surface area (Å²) in [5.74, 6) is 1.66. The number of methoxy groups -OCH3 is 1. The zero-order valence-corrected chi connectivity index (χ0v) is 22.5. The molecule has 4 rings (SSSR count). The van der Waals surface area contributed by atoms with Crippen molar-refractivity contribution in [3.8, 4) is 17.0 Å². The number of fused-ring (bicyclic) bond motifs is 1. The van der Waals surface area contributed by atoms with Gasteiger partial charge < -0.3 is 4.74 Å². The van der Waals surface area contributed by atoms with Crippen molar-refractivity contribution < 1.29 is 4.74 Å². The molecule has 0 N–H and O–H groups in total. The van der Waals surface area contributed by atoms with Gasteiger partial charge in [-0.3, -0.25) is 9.88 Å². The van der Waals surface area contributed by atoms with Crippen molar-refractivity contribution in [2.45, 2.75) is 79.3 Å². The average molecular weight is 471 g/mol. The van der Waals surface area contributed by atoms with E-state index in [1.165, 1.54) is 46.2 Å². The Morgan fingerprint density at radius 3 is 2.40 bits per heavy atom. The summed E-state index contributed by atoms with van der Waals surface area (Å²) in [5.41, 5.74) is 10.3. The molecule has 3 aromatic rings. The Kier molecular flexibility index (Phi) is 8.28. The fraction of sp³-hybridized carbons (Fsp3) is 0.469. The van der Waals surface area contributed by atoms with E-state index in [0.717, 1.165) is 49.5 Å². The Morgan fingerprint density at radius 2 is 1.74 bits per heavy atom. The quantitative estimate of drug-likeness (QED) is 0.320. The van der Waals surface area contributed by atoms with Gasteiger partial charge in [-0.05, 0) is 67.2 Å². The van der Waals surface area contributed by atoms with E-state index in [1.54, 1.807) is 7.11 Å². The lowest BCUT2D eigenvalue weighted by atomic mass is 9.88. The van der Waals surface area contributed by atoms with Gasteiger partial charge in [0.1, 0.15) is 5.75 Å².